The number of hydrogen-bond acceptors (Lipinski definition) is 3. The van der Waals surface area contributed by atoms with Crippen LogP contribution in [0.5, 0.6) is 5.75 Å². The second-order valence-electron chi connectivity index (χ2n) is 6.86. The van der Waals surface area contributed by atoms with Crippen LogP contribution in [0.25, 0.3) is 0 Å². The molecule has 1 atom stereocenters. The quantitative estimate of drug-likeness (QED) is 0.899. The monoisotopic (exact) mass is 352 g/mol. The summed E-state index contributed by atoms with van der Waals surface area (Å²) < 4.78 is 5.26. The molecule has 1 aliphatic rings. The zero-order valence-electron chi connectivity index (χ0n) is 15.2. The number of nitrogens with two attached hydrogens (primary N) is 1. The first kappa shape index (κ1) is 18.0. The Kier molecular flexibility index (Phi) is 5.26. The van der Waals surface area contributed by atoms with E-state index in [-0.39, 0.29) is 5.91 Å². The van der Waals surface area contributed by atoms with E-state index in [1.54, 1.807) is 13.2 Å². The van der Waals surface area contributed by atoms with Crippen molar-refractivity contribution in [2.75, 3.05) is 20.2 Å². The second kappa shape index (κ2) is 7.60. The average molecular weight is 352 g/mol. The summed E-state index contributed by atoms with van der Waals surface area (Å²) in [5.41, 5.74) is 8.61. The van der Waals surface area contributed by atoms with Gasteiger partial charge >= 0.3 is 0 Å². The number of nitrogens with zero attached hydrogens (tertiary/aromatic N) is 1. The third-order valence-electron chi connectivity index (χ3n) is 4.95. The number of methoxy groups -OCH3 is 1. The molecule has 2 amide bonds. The number of likely N-dealkylation sites (tertiary alicyclic amines) is 1. The van der Waals surface area contributed by atoms with Crippen LogP contribution in [0.1, 0.15) is 38.3 Å². The molecule has 5 nitrogen and oxygen atoms in total. The summed E-state index contributed by atoms with van der Waals surface area (Å²) in [6.45, 7) is 3.42. The summed E-state index contributed by atoms with van der Waals surface area (Å²) >= 11 is 0. The Morgan fingerprint density at radius 1 is 1.19 bits per heavy atom. The molecule has 3 rings (SSSR count). The number of carbonyl (C=O) groups is 2. The van der Waals surface area contributed by atoms with E-state index in [9.17, 15) is 9.59 Å². The maximum atomic E-state index is 12.8. The van der Waals surface area contributed by atoms with Crippen LogP contribution < -0.4 is 10.5 Å². The minimum atomic E-state index is -0.412. The van der Waals surface area contributed by atoms with Crippen molar-refractivity contribution in [3.63, 3.8) is 0 Å². The van der Waals surface area contributed by atoms with Crippen molar-refractivity contribution in [2.45, 2.75) is 19.8 Å². The standard InChI is InChI=1S/C21H24N2O3/c1-14-10-18(6-7-19(14)26-2)21(25)23-9-8-16(13-23)11-15-4-3-5-17(12-15)20(22)24/h3-7,10,12,16H,8-9,11,13H2,1-2H3,(H2,22,24)/t16-/m0/s1. The number of rotatable bonds is 5. The minimum Gasteiger partial charge on any atom is -0.496 e. The van der Waals surface area contributed by atoms with Crippen molar-refractivity contribution in [3.8, 4) is 5.75 Å². The lowest BCUT2D eigenvalue weighted by atomic mass is 9.97. The lowest BCUT2D eigenvalue weighted by molar-refractivity contribution is 0.0786. The summed E-state index contributed by atoms with van der Waals surface area (Å²) in [4.78, 5) is 26.0. The summed E-state index contributed by atoms with van der Waals surface area (Å²) in [7, 11) is 1.63. The topological polar surface area (TPSA) is 72.6 Å². The fourth-order valence-electron chi connectivity index (χ4n) is 3.56. The van der Waals surface area contributed by atoms with Crippen molar-refractivity contribution in [2.24, 2.45) is 11.7 Å². The van der Waals surface area contributed by atoms with Gasteiger partial charge in [-0.15, -0.1) is 0 Å². The van der Waals surface area contributed by atoms with Crippen molar-refractivity contribution >= 4 is 11.8 Å². The van der Waals surface area contributed by atoms with Gasteiger partial charge in [-0.2, -0.15) is 0 Å². The van der Waals surface area contributed by atoms with Crippen LogP contribution in [-0.4, -0.2) is 36.9 Å². The van der Waals surface area contributed by atoms with Crippen molar-refractivity contribution < 1.29 is 14.3 Å². The SMILES string of the molecule is COc1ccc(C(=O)N2CC[C@@H](Cc3cccc(C(N)=O)c3)C2)cc1C. The highest BCUT2D eigenvalue weighted by molar-refractivity contribution is 5.95. The maximum Gasteiger partial charge on any atom is 0.253 e. The number of ether oxygens (including phenoxy) is 1. The molecule has 5 heteroatoms. The first-order chi connectivity index (χ1) is 12.5. The molecule has 0 saturated carbocycles. The van der Waals surface area contributed by atoms with Gasteiger partial charge in [-0.25, -0.2) is 0 Å². The Hall–Kier alpha value is -2.82. The highest BCUT2D eigenvalue weighted by Crippen LogP contribution is 2.25. The van der Waals surface area contributed by atoms with E-state index in [1.807, 2.05) is 48.2 Å². The van der Waals surface area contributed by atoms with Gasteiger partial charge in [-0.05, 0) is 67.1 Å². The first-order valence-electron chi connectivity index (χ1n) is 8.80. The maximum absolute atomic E-state index is 12.8. The number of aryl methyl sites for hydroxylation is 1. The molecule has 0 spiro atoms. The molecule has 0 aliphatic carbocycles. The van der Waals surface area contributed by atoms with E-state index in [0.29, 0.717) is 17.0 Å². The van der Waals surface area contributed by atoms with Gasteiger partial charge in [0.2, 0.25) is 5.91 Å². The highest BCUT2D eigenvalue weighted by Gasteiger charge is 2.27. The zero-order valence-corrected chi connectivity index (χ0v) is 15.2. The molecule has 0 aromatic heterocycles. The molecule has 26 heavy (non-hydrogen) atoms. The van der Waals surface area contributed by atoms with Crippen LogP contribution in [0.3, 0.4) is 0 Å². The van der Waals surface area contributed by atoms with Gasteiger partial charge in [-0.3, -0.25) is 9.59 Å². The Morgan fingerprint density at radius 3 is 2.69 bits per heavy atom. The summed E-state index contributed by atoms with van der Waals surface area (Å²) in [5, 5.41) is 0. The normalized spacial score (nSPS) is 16.5. The Labute approximate surface area is 153 Å². The number of primary amides is 1. The van der Waals surface area contributed by atoms with E-state index in [4.69, 9.17) is 10.5 Å². The number of amides is 2. The third kappa shape index (κ3) is 3.87. The largest absolute Gasteiger partial charge is 0.496 e. The lowest BCUT2D eigenvalue weighted by Crippen LogP contribution is -2.29. The van der Waals surface area contributed by atoms with Crippen LogP contribution in [-0.2, 0) is 6.42 Å². The molecule has 1 heterocycles. The van der Waals surface area contributed by atoms with Gasteiger partial charge in [0.05, 0.1) is 7.11 Å². The second-order valence-corrected chi connectivity index (χ2v) is 6.86. The molecule has 0 bridgehead atoms. The molecule has 2 aromatic carbocycles. The molecular weight excluding hydrogens is 328 g/mol. The Morgan fingerprint density at radius 2 is 2.00 bits per heavy atom. The Balaban J connectivity index is 1.65. The van der Waals surface area contributed by atoms with Gasteiger partial charge in [0, 0.05) is 24.2 Å². The molecular formula is C21H24N2O3. The van der Waals surface area contributed by atoms with Gasteiger partial charge in [0.1, 0.15) is 5.75 Å². The molecule has 0 unspecified atom stereocenters. The van der Waals surface area contributed by atoms with E-state index < -0.39 is 5.91 Å². The predicted molar refractivity (Wildman–Crippen MR) is 100 cm³/mol. The fraction of sp³-hybridized carbons (Fsp3) is 0.333. The third-order valence-corrected chi connectivity index (χ3v) is 4.95. The van der Waals surface area contributed by atoms with E-state index in [0.717, 1.165) is 42.8 Å². The highest BCUT2D eigenvalue weighted by atomic mass is 16.5. The lowest BCUT2D eigenvalue weighted by Gasteiger charge is -2.17. The predicted octanol–water partition coefficient (Wildman–Crippen LogP) is 2.81. The summed E-state index contributed by atoms with van der Waals surface area (Å²) in [6.07, 6.45) is 1.80. The van der Waals surface area contributed by atoms with E-state index >= 15 is 0 Å². The van der Waals surface area contributed by atoms with Crippen LogP contribution >= 0.6 is 0 Å². The molecule has 0 radical (unpaired) electrons. The van der Waals surface area contributed by atoms with Crippen LogP contribution in [0, 0.1) is 12.8 Å². The number of benzene rings is 2. The molecule has 2 aromatic rings. The fourth-order valence-corrected chi connectivity index (χ4v) is 3.56. The molecule has 1 saturated heterocycles. The smallest absolute Gasteiger partial charge is 0.253 e. The van der Waals surface area contributed by atoms with Crippen LogP contribution in [0.15, 0.2) is 42.5 Å². The van der Waals surface area contributed by atoms with Gasteiger partial charge in [0.15, 0.2) is 0 Å². The van der Waals surface area contributed by atoms with Crippen molar-refractivity contribution in [1.82, 2.24) is 4.90 Å². The first-order valence-corrected chi connectivity index (χ1v) is 8.80. The van der Waals surface area contributed by atoms with Crippen molar-refractivity contribution in [1.29, 1.82) is 0 Å². The van der Waals surface area contributed by atoms with Crippen LogP contribution in [0.4, 0.5) is 0 Å². The minimum absolute atomic E-state index is 0.0594. The zero-order chi connectivity index (χ0) is 18.7. The van der Waals surface area contributed by atoms with Crippen molar-refractivity contribution in [3.05, 3.63) is 64.7 Å². The molecule has 1 aliphatic heterocycles. The molecule has 1 fully saturated rings. The summed E-state index contributed by atoms with van der Waals surface area (Å²) in [5.74, 6) is 0.825. The van der Waals surface area contributed by atoms with Gasteiger partial charge in [0.25, 0.3) is 5.91 Å². The van der Waals surface area contributed by atoms with Gasteiger partial charge < -0.3 is 15.4 Å². The molecule has 2 N–H and O–H groups in total. The molecule has 136 valence electrons. The van der Waals surface area contributed by atoms with E-state index in [1.165, 1.54) is 0 Å². The van der Waals surface area contributed by atoms with Gasteiger partial charge in [-0.1, -0.05) is 12.1 Å². The summed E-state index contributed by atoms with van der Waals surface area (Å²) in [6, 6.07) is 13.0. The van der Waals surface area contributed by atoms with Crippen LogP contribution in [0.2, 0.25) is 0 Å². The Bertz CT molecular complexity index is 832. The van der Waals surface area contributed by atoms with E-state index in [2.05, 4.69) is 0 Å². The number of carbonyl (C=O) groups excluding carboxylic acids is 2. The average Bonchev–Trinajstić information content (AvgIpc) is 3.09. The number of hydrogen-bond donors (Lipinski definition) is 1.